The summed E-state index contributed by atoms with van der Waals surface area (Å²) in [7, 11) is -4.05. The minimum atomic E-state index is -4.05. The van der Waals surface area contributed by atoms with E-state index in [4.69, 9.17) is 10.3 Å². The number of sulfonamides is 1. The van der Waals surface area contributed by atoms with Gasteiger partial charge in [-0.25, -0.2) is 19.0 Å². The fourth-order valence-electron chi connectivity index (χ4n) is 2.02. The number of rotatable bonds is 6. The molecule has 10 nitrogen and oxygen atoms in total. The van der Waals surface area contributed by atoms with Gasteiger partial charge in [0.05, 0.1) is 9.82 Å². The molecule has 0 unspecified atom stereocenters. The molecule has 5 N–H and O–H groups in total. The number of carbonyl (C=O) groups excluding carboxylic acids is 1. The molecule has 1 amide bonds. The van der Waals surface area contributed by atoms with Crippen LogP contribution >= 0.6 is 0 Å². The number of anilines is 1. The van der Waals surface area contributed by atoms with Gasteiger partial charge in [-0.2, -0.15) is 0 Å². The fourth-order valence-corrected chi connectivity index (χ4v) is 2.56. The topological polar surface area (TPSA) is 165 Å². The zero-order valence-corrected chi connectivity index (χ0v) is 13.5. The summed E-state index contributed by atoms with van der Waals surface area (Å²) in [6.45, 7) is 0.191. The van der Waals surface area contributed by atoms with Crippen molar-refractivity contribution in [1.29, 1.82) is 0 Å². The van der Waals surface area contributed by atoms with Crippen molar-refractivity contribution in [2.24, 2.45) is 5.14 Å². The van der Waals surface area contributed by atoms with Crippen molar-refractivity contribution in [2.45, 2.75) is 11.4 Å². The fraction of sp³-hybridized carbons (Fsp3) is 0.0714. The SMILES string of the molecule is NS(=O)(=O)c1ccc(NCc2ccc(C(=O)NO)cc2)c([N+](=O)[O-])c1. The van der Waals surface area contributed by atoms with Gasteiger partial charge in [0.15, 0.2) is 0 Å². The van der Waals surface area contributed by atoms with Crippen molar-refractivity contribution < 1.29 is 23.3 Å². The highest BCUT2D eigenvalue weighted by Gasteiger charge is 2.18. The van der Waals surface area contributed by atoms with Crippen LogP contribution in [0.3, 0.4) is 0 Å². The quantitative estimate of drug-likeness (QED) is 0.336. The third-order valence-electron chi connectivity index (χ3n) is 3.30. The minimum Gasteiger partial charge on any atom is -0.375 e. The molecule has 0 spiro atoms. The van der Waals surface area contributed by atoms with Crippen molar-refractivity contribution >= 4 is 27.3 Å². The van der Waals surface area contributed by atoms with Gasteiger partial charge in [-0.15, -0.1) is 0 Å². The van der Waals surface area contributed by atoms with Crippen LogP contribution in [0.4, 0.5) is 11.4 Å². The third-order valence-corrected chi connectivity index (χ3v) is 4.21. The summed E-state index contributed by atoms with van der Waals surface area (Å²) < 4.78 is 22.6. The largest absolute Gasteiger partial charge is 0.375 e. The molecule has 0 aliphatic carbocycles. The van der Waals surface area contributed by atoms with Crippen molar-refractivity contribution in [3.8, 4) is 0 Å². The lowest BCUT2D eigenvalue weighted by molar-refractivity contribution is -0.384. The Morgan fingerprint density at radius 1 is 1.20 bits per heavy atom. The molecule has 25 heavy (non-hydrogen) atoms. The third kappa shape index (κ3) is 4.50. The van der Waals surface area contributed by atoms with E-state index in [1.165, 1.54) is 29.7 Å². The van der Waals surface area contributed by atoms with Crippen LogP contribution in [0, 0.1) is 10.1 Å². The average Bonchev–Trinajstić information content (AvgIpc) is 2.58. The molecule has 0 saturated heterocycles. The maximum atomic E-state index is 11.3. The first-order chi connectivity index (χ1) is 11.7. The highest BCUT2D eigenvalue weighted by Crippen LogP contribution is 2.27. The number of nitro groups is 1. The van der Waals surface area contributed by atoms with E-state index in [1.54, 1.807) is 12.1 Å². The van der Waals surface area contributed by atoms with Gasteiger partial charge in [0.2, 0.25) is 10.0 Å². The summed E-state index contributed by atoms with van der Waals surface area (Å²) in [4.78, 5) is 21.3. The van der Waals surface area contributed by atoms with E-state index < -0.39 is 26.5 Å². The van der Waals surface area contributed by atoms with Crippen molar-refractivity contribution in [2.75, 3.05) is 5.32 Å². The lowest BCUT2D eigenvalue weighted by Crippen LogP contribution is -2.18. The molecule has 0 saturated carbocycles. The van der Waals surface area contributed by atoms with Crippen LogP contribution < -0.4 is 15.9 Å². The number of hydrogen-bond acceptors (Lipinski definition) is 7. The molecule has 0 radical (unpaired) electrons. The number of nitro benzene ring substituents is 1. The van der Waals surface area contributed by atoms with Crippen LogP contribution in [-0.2, 0) is 16.6 Å². The Labute approximate surface area is 142 Å². The second-order valence-corrected chi connectivity index (χ2v) is 6.53. The van der Waals surface area contributed by atoms with E-state index in [0.717, 1.165) is 6.07 Å². The summed E-state index contributed by atoms with van der Waals surface area (Å²) in [6, 6.07) is 9.45. The molecule has 0 heterocycles. The smallest absolute Gasteiger partial charge is 0.293 e. The van der Waals surface area contributed by atoms with Gasteiger partial charge >= 0.3 is 0 Å². The molecule has 0 bridgehead atoms. The Hall–Kier alpha value is -3.02. The number of primary sulfonamides is 1. The molecule has 0 fully saturated rings. The number of benzene rings is 2. The Kier molecular flexibility index (Phi) is 5.32. The van der Waals surface area contributed by atoms with Crippen LogP contribution in [0.2, 0.25) is 0 Å². The van der Waals surface area contributed by atoms with Gasteiger partial charge in [0.25, 0.3) is 11.6 Å². The molecule has 0 aliphatic rings. The maximum absolute atomic E-state index is 11.3. The summed E-state index contributed by atoms with van der Waals surface area (Å²) in [5.41, 5.74) is 2.15. The Bertz CT molecular complexity index is 911. The number of carbonyl (C=O) groups is 1. The summed E-state index contributed by atoms with van der Waals surface area (Å²) in [5.74, 6) is -0.659. The van der Waals surface area contributed by atoms with E-state index in [1.807, 2.05) is 0 Å². The molecule has 2 aromatic carbocycles. The van der Waals surface area contributed by atoms with Gasteiger partial charge in [0.1, 0.15) is 5.69 Å². The lowest BCUT2D eigenvalue weighted by Gasteiger charge is -2.09. The average molecular weight is 366 g/mol. The van der Waals surface area contributed by atoms with Crippen LogP contribution in [0.1, 0.15) is 15.9 Å². The predicted molar refractivity (Wildman–Crippen MR) is 87.5 cm³/mol. The maximum Gasteiger partial charge on any atom is 0.293 e. The molecule has 2 rings (SSSR count). The number of nitrogens with zero attached hydrogens (tertiary/aromatic N) is 1. The van der Waals surface area contributed by atoms with E-state index in [0.29, 0.717) is 5.56 Å². The predicted octanol–water partition coefficient (Wildman–Crippen LogP) is 0.973. The molecule has 0 atom stereocenters. The van der Waals surface area contributed by atoms with Gasteiger partial charge in [0, 0.05) is 18.2 Å². The van der Waals surface area contributed by atoms with Gasteiger partial charge in [-0.05, 0) is 29.8 Å². The molecule has 132 valence electrons. The van der Waals surface area contributed by atoms with Crippen LogP contribution in [0.25, 0.3) is 0 Å². The van der Waals surface area contributed by atoms with Crippen LogP contribution in [0.15, 0.2) is 47.4 Å². The summed E-state index contributed by atoms with van der Waals surface area (Å²) in [5, 5.41) is 27.5. The molecular weight excluding hydrogens is 352 g/mol. The molecule has 0 aromatic heterocycles. The number of hydrogen-bond donors (Lipinski definition) is 4. The number of nitrogens with two attached hydrogens (primary N) is 1. The van der Waals surface area contributed by atoms with E-state index >= 15 is 0 Å². The Morgan fingerprint density at radius 2 is 1.84 bits per heavy atom. The van der Waals surface area contributed by atoms with Gasteiger partial charge in [-0.1, -0.05) is 12.1 Å². The minimum absolute atomic E-state index is 0.120. The molecule has 0 aliphatic heterocycles. The highest BCUT2D eigenvalue weighted by molar-refractivity contribution is 7.89. The number of amides is 1. The first-order valence-electron chi connectivity index (χ1n) is 6.81. The van der Waals surface area contributed by atoms with Gasteiger partial charge < -0.3 is 5.32 Å². The molecular formula is C14H14N4O6S. The second-order valence-electron chi connectivity index (χ2n) is 4.97. The van der Waals surface area contributed by atoms with Crippen molar-refractivity contribution in [3.63, 3.8) is 0 Å². The lowest BCUT2D eigenvalue weighted by atomic mass is 10.1. The zero-order valence-electron chi connectivity index (χ0n) is 12.7. The second kappa shape index (κ2) is 7.25. The zero-order chi connectivity index (χ0) is 18.6. The number of hydroxylamine groups is 1. The normalized spacial score (nSPS) is 11.0. The van der Waals surface area contributed by atoms with E-state index in [2.05, 4.69) is 5.32 Å². The Morgan fingerprint density at radius 3 is 2.36 bits per heavy atom. The molecule has 11 heteroatoms. The van der Waals surface area contributed by atoms with Gasteiger partial charge in [-0.3, -0.25) is 20.1 Å². The van der Waals surface area contributed by atoms with E-state index in [9.17, 15) is 23.3 Å². The monoisotopic (exact) mass is 366 g/mol. The summed E-state index contributed by atoms with van der Waals surface area (Å²) >= 11 is 0. The summed E-state index contributed by atoms with van der Waals surface area (Å²) in [6.07, 6.45) is 0. The van der Waals surface area contributed by atoms with Crippen LogP contribution in [0.5, 0.6) is 0 Å². The standard InChI is InChI=1S/C14H14N4O6S/c15-25(23,24)11-5-6-12(13(7-11)18(21)22)16-8-9-1-3-10(4-2-9)14(19)17-20/h1-7,16,20H,8H2,(H,17,19)(H2,15,23,24). The van der Waals surface area contributed by atoms with Crippen molar-refractivity contribution in [1.82, 2.24) is 5.48 Å². The van der Waals surface area contributed by atoms with E-state index in [-0.39, 0.29) is 22.7 Å². The van der Waals surface area contributed by atoms with Crippen molar-refractivity contribution in [3.05, 3.63) is 63.7 Å². The Balaban J connectivity index is 2.20. The van der Waals surface area contributed by atoms with Crippen LogP contribution in [-0.4, -0.2) is 24.5 Å². The first-order valence-corrected chi connectivity index (χ1v) is 8.35. The highest BCUT2D eigenvalue weighted by atomic mass is 32.2. The number of nitrogens with one attached hydrogen (secondary N) is 2. The molecule has 2 aromatic rings. The first kappa shape index (κ1) is 18.3.